The van der Waals surface area contributed by atoms with Gasteiger partial charge in [0, 0.05) is 17.3 Å². The molecular formula is C20H13ClN4O3S. The van der Waals surface area contributed by atoms with Crippen LogP contribution in [0.2, 0.25) is 5.02 Å². The molecule has 2 heterocycles. The van der Waals surface area contributed by atoms with Crippen LogP contribution < -0.4 is 4.90 Å². The molecule has 0 atom stereocenters. The number of rotatable bonds is 5. The molecule has 0 aliphatic carbocycles. The van der Waals surface area contributed by atoms with E-state index >= 15 is 0 Å². The van der Waals surface area contributed by atoms with Crippen LogP contribution in [0, 0.1) is 10.1 Å². The second kappa shape index (κ2) is 7.94. The van der Waals surface area contributed by atoms with E-state index in [9.17, 15) is 14.9 Å². The predicted octanol–water partition coefficient (Wildman–Crippen LogP) is 5.10. The molecule has 0 unspecified atom stereocenters. The first kappa shape index (κ1) is 19.0. The number of para-hydroxylation sites is 1. The lowest BCUT2D eigenvalue weighted by Crippen LogP contribution is -2.31. The normalized spacial score (nSPS) is 10.8. The lowest BCUT2D eigenvalue weighted by Gasteiger charge is -2.19. The van der Waals surface area contributed by atoms with Crippen LogP contribution in [0.1, 0.15) is 16.1 Å². The number of nitro benzene ring substituents is 1. The Labute approximate surface area is 174 Å². The van der Waals surface area contributed by atoms with Gasteiger partial charge in [-0.15, -0.1) is 0 Å². The summed E-state index contributed by atoms with van der Waals surface area (Å²) in [4.78, 5) is 34.5. The number of nitrogens with zero attached hydrogens (tertiary/aromatic N) is 4. The predicted molar refractivity (Wildman–Crippen MR) is 112 cm³/mol. The number of pyridine rings is 1. The van der Waals surface area contributed by atoms with E-state index in [4.69, 9.17) is 11.6 Å². The van der Waals surface area contributed by atoms with Gasteiger partial charge < -0.3 is 0 Å². The molecule has 9 heteroatoms. The first-order valence-electron chi connectivity index (χ1n) is 8.54. The molecule has 0 saturated heterocycles. The molecule has 0 bridgehead atoms. The minimum absolute atomic E-state index is 0.0994. The van der Waals surface area contributed by atoms with Gasteiger partial charge in [0.1, 0.15) is 5.56 Å². The molecule has 1 amide bonds. The molecule has 0 fully saturated rings. The van der Waals surface area contributed by atoms with Gasteiger partial charge >= 0.3 is 0 Å². The molecule has 4 aromatic rings. The molecule has 2 aromatic carbocycles. The van der Waals surface area contributed by atoms with Crippen LogP contribution in [0.5, 0.6) is 0 Å². The zero-order valence-electron chi connectivity index (χ0n) is 14.9. The number of hydrogen-bond donors (Lipinski definition) is 0. The first-order chi connectivity index (χ1) is 14.0. The van der Waals surface area contributed by atoms with E-state index < -0.39 is 10.8 Å². The lowest BCUT2D eigenvalue weighted by molar-refractivity contribution is -0.385. The Morgan fingerprint density at radius 2 is 1.93 bits per heavy atom. The smallest absolute Gasteiger partial charge is 0.278 e. The van der Waals surface area contributed by atoms with E-state index in [1.807, 2.05) is 30.3 Å². The molecule has 0 radical (unpaired) electrons. The van der Waals surface area contributed by atoms with Crippen LogP contribution in [0.4, 0.5) is 10.8 Å². The Morgan fingerprint density at radius 3 is 2.66 bits per heavy atom. The van der Waals surface area contributed by atoms with Crippen LogP contribution in [-0.4, -0.2) is 20.8 Å². The number of aromatic nitrogens is 2. The highest BCUT2D eigenvalue weighted by Crippen LogP contribution is 2.32. The number of carbonyl (C=O) groups is 1. The SMILES string of the molecule is O=C(c1cc(Cl)ccc1[N+](=O)[O-])N(Cc1ccccn1)c1nc2ccccc2s1. The molecule has 0 aliphatic heterocycles. The maximum Gasteiger partial charge on any atom is 0.282 e. The Morgan fingerprint density at radius 1 is 1.14 bits per heavy atom. The molecule has 0 N–H and O–H groups in total. The van der Waals surface area contributed by atoms with Crippen LogP contribution in [0.15, 0.2) is 66.9 Å². The number of fused-ring (bicyclic) bond motifs is 1. The number of carbonyl (C=O) groups excluding carboxylic acids is 1. The molecule has 7 nitrogen and oxygen atoms in total. The van der Waals surface area contributed by atoms with Crippen molar-refractivity contribution in [3.05, 3.63) is 93.3 Å². The highest BCUT2D eigenvalue weighted by Gasteiger charge is 2.28. The van der Waals surface area contributed by atoms with Crippen molar-refractivity contribution in [1.82, 2.24) is 9.97 Å². The number of hydrogen-bond acceptors (Lipinski definition) is 6. The van der Waals surface area contributed by atoms with Gasteiger partial charge in [-0.1, -0.05) is 41.1 Å². The number of anilines is 1. The first-order valence-corrected chi connectivity index (χ1v) is 9.73. The molecule has 2 aromatic heterocycles. The lowest BCUT2D eigenvalue weighted by atomic mass is 10.1. The number of halogens is 1. The Bertz CT molecular complexity index is 1180. The van der Waals surface area contributed by atoms with Gasteiger partial charge in [-0.05, 0) is 36.4 Å². The van der Waals surface area contributed by atoms with Gasteiger partial charge in [-0.2, -0.15) is 0 Å². The van der Waals surface area contributed by atoms with Crippen molar-refractivity contribution >= 4 is 49.9 Å². The van der Waals surface area contributed by atoms with Gasteiger partial charge in [0.25, 0.3) is 11.6 Å². The second-order valence-electron chi connectivity index (χ2n) is 6.10. The summed E-state index contributed by atoms with van der Waals surface area (Å²) < 4.78 is 0.905. The summed E-state index contributed by atoms with van der Waals surface area (Å²) in [6, 6.07) is 16.8. The van der Waals surface area contributed by atoms with Gasteiger partial charge in [-0.3, -0.25) is 24.8 Å². The molecular weight excluding hydrogens is 412 g/mol. The minimum Gasteiger partial charge on any atom is -0.278 e. The fourth-order valence-electron chi connectivity index (χ4n) is 2.84. The topological polar surface area (TPSA) is 89.2 Å². The van der Waals surface area contributed by atoms with Crippen LogP contribution in [-0.2, 0) is 6.54 Å². The summed E-state index contributed by atoms with van der Waals surface area (Å²) in [6.45, 7) is 0.114. The van der Waals surface area contributed by atoms with Gasteiger partial charge in [0.2, 0.25) is 0 Å². The fourth-order valence-corrected chi connectivity index (χ4v) is 3.97. The van der Waals surface area contributed by atoms with E-state index in [-0.39, 0.29) is 22.8 Å². The van der Waals surface area contributed by atoms with Crippen molar-refractivity contribution in [1.29, 1.82) is 0 Å². The third-order valence-electron chi connectivity index (χ3n) is 4.19. The molecule has 0 spiro atoms. The third-order valence-corrected chi connectivity index (χ3v) is 5.49. The number of nitro groups is 1. The van der Waals surface area contributed by atoms with E-state index in [0.717, 1.165) is 10.2 Å². The van der Waals surface area contributed by atoms with E-state index in [1.165, 1.54) is 34.4 Å². The summed E-state index contributed by atoms with van der Waals surface area (Å²) in [6.07, 6.45) is 1.62. The monoisotopic (exact) mass is 424 g/mol. The van der Waals surface area contributed by atoms with Crippen LogP contribution in [0.25, 0.3) is 10.2 Å². The molecule has 4 rings (SSSR count). The van der Waals surface area contributed by atoms with E-state index in [0.29, 0.717) is 10.8 Å². The highest BCUT2D eigenvalue weighted by atomic mass is 35.5. The zero-order valence-corrected chi connectivity index (χ0v) is 16.4. The summed E-state index contributed by atoms with van der Waals surface area (Å²) >= 11 is 7.35. The largest absolute Gasteiger partial charge is 0.282 e. The highest BCUT2D eigenvalue weighted by molar-refractivity contribution is 7.22. The summed E-state index contributed by atoms with van der Waals surface area (Å²) in [5, 5.41) is 12.1. The maximum atomic E-state index is 13.4. The van der Waals surface area contributed by atoms with Crippen molar-refractivity contribution < 1.29 is 9.72 Å². The number of thiazole rings is 1. The van der Waals surface area contributed by atoms with Crippen molar-refractivity contribution in [3.8, 4) is 0 Å². The third kappa shape index (κ3) is 3.94. The fraction of sp³-hybridized carbons (Fsp3) is 0.0500. The van der Waals surface area contributed by atoms with E-state index in [1.54, 1.807) is 18.3 Å². The van der Waals surface area contributed by atoms with Crippen molar-refractivity contribution in [2.45, 2.75) is 6.54 Å². The second-order valence-corrected chi connectivity index (χ2v) is 7.54. The van der Waals surface area contributed by atoms with Gasteiger partial charge in [0.15, 0.2) is 5.13 Å². The number of benzene rings is 2. The molecule has 0 saturated carbocycles. The average molecular weight is 425 g/mol. The van der Waals surface area contributed by atoms with Crippen molar-refractivity contribution in [3.63, 3.8) is 0 Å². The Balaban J connectivity index is 1.83. The Hall–Kier alpha value is -3.36. The van der Waals surface area contributed by atoms with Crippen LogP contribution in [0.3, 0.4) is 0 Å². The molecule has 144 valence electrons. The minimum atomic E-state index is -0.596. The van der Waals surface area contributed by atoms with Gasteiger partial charge in [-0.25, -0.2) is 4.98 Å². The van der Waals surface area contributed by atoms with Crippen molar-refractivity contribution in [2.24, 2.45) is 0 Å². The standard InChI is InChI=1S/C20H13ClN4O3S/c21-13-8-9-17(25(27)28)15(11-13)19(26)24(12-14-5-3-4-10-22-14)20-23-16-6-1-2-7-18(16)29-20/h1-11H,12H2. The summed E-state index contributed by atoms with van der Waals surface area (Å²) in [5.41, 5.74) is 0.959. The number of amides is 1. The average Bonchev–Trinajstić information content (AvgIpc) is 3.16. The quantitative estimate of drug-likeness (QED) is 0.328. The van der Waals surface area contributed by atoms with Gasteiger partial charge in [0.05, 0.1) is 27.4 Å². The summed E-state index contributed by atoms with van der Waals surface area (Å²) in [5.74, 6) is -0.566. The Kier molecular flexibility index (Phi) is 5.20. The zero-order chi connectivity index (χ0) is 20.4. The summed E-state index contributed by atoms with van der Waals surface area (Å²) in [7, 11) is 0. The van der Waals surface area contributed by atoms with Crippen LogP contribution >= 0.6 is 22.9 Å². The molecule has 29 heavy (non-hydrogen) atoms. The maximum absolute atomic E-state index is 13.4. The van der Waals surface area contributed by atoms with Crippen molar-refractivity contribution in [2.75, 3.05) is 4.90 Å². The molecule has 0 aliphatic rings. The van der Waals surface area contributed by atoms with E-state index in [2.05, 4.69) is 9.97 Å².